The summed E-state index contributed by atoms with van der Waals surface area (Å²) < 4.78 is 10.4. The highest BCUT2D eigenvalue weighted by atomic mass is 127. The number of aliphatic imine (C=N–C) groups is 1. The average Bonchev–Trinajstić information content (AvgIpc) is 3.08. The first-order valence-corrected chi connectivity index (χ1v) is 7.17. The van der Waals surface area contributed by atoms with Crippen molar-refractivity contribution in [1.82, 2.24) is 15.8 Å². The maximum atomic E-state index is 5.30. The van der Waals surface area contributed by atoms with Crippen LogP contribution in [0, 0.1) is 13.8 Å². The van der Waals surface area contributed by atoms with Crippen molar-refractivity contribution < 1.29 is 8.94 Å². The molecule has 2 rings (SSSR count). The van der Waals surface area contributed by atoms with Crippen LogP contribution in [-0.2, 0) is 13.0 Å². The van der Waals surface area contributed by atoms with Gasteiger partial charge in [-0.25, -0.2) is 4.99 Å². The number of aryl methyl sites for hydroxylation is 2. The van der Waals surface area contributed by atoms with Crippen molar-refractivity contribution in [3.05, 3.63) is 41.2 Å². The summed E-state index contributed by atoms with van der Waals surface area (Å²) in [6.07, 6.45) is 2.51. The molecular weight excluding hydrogens is 395 g/mol. The van der Waals surface area contributed by atoms with Crippen molar-refractivity contribution >= 4 is 29.9 Å². The molecule has 2 aromatic heterocycles. The molecule has 2 heterocycles. The van der Waals surface area contributed by atoms with E-state index < -0.39 is 0 Å². The molecule has 0 atom stereocenters. The lowest BCUT2D eigenvalue weighted by Gasteiger charge is -2.10. The second kappa shape index (κ2) is 9.50. The molecule has 0 saturated carbocycles. The maximum absolute atomic E-state index is 5.30. The second-order valence-electron chi connectivity index (χ2n) is 4.75. The molecule has 0 aliphatic heterocycles. The van der Waals surface area contributed by atoms with E-state index in [-0.39, 0.29) is 24.0 Å². The van der Waals surface area contributed by atoms with Crippen LogP contribution >= 0.6 is 24.0 Å². The highest BCUT2D eigenvalue weighted by molar-refractivity contribution is 14.0. The lowest BCUT2D eigenvalue weighted by atomic mass is 10.2. The van der Waals surface area contributed by atoms with Gasteiger partial charge < -0.3 is 19.6 Å². The Morgan fingerprint density at radius 3 is 2.73 bits per heavy atom. The van der Waals surface area contributed by atoms with Gasteiger partial charge >= 0.3 is 0 Å². The molecule has 2 aromatic rings. The predicted molar refractivity (Wildman–Crippen MR) is 96.6 cm³/mol. The van der Waals surface area contributed by atoms with Gasteiger partial charge in [-0.3, -0.25) is 0 Å². The van der Waals surface area contributed by atoms with Gasteiger partial charge in [-0.1, -0.05) is 5.16 Å². The van der Waals surface area contributed by atoms with Gasteiger partial charge in [0.1, 0.15) is 11.5 Å². The first kappa shape index (κ1) is 18.5. The second-order valence-corrected chi connectivity index (χ2v) is 4.75. The standard InChI is InChI=1S/C15H22N4O2.HI/c1-4-16-15(17-8-7-13-6-5-9-20-13)18-10-14-11(2)19-21-12(14)3;/h5-6,9H,4,7-8,10H2,1-3H3,(H2,16,17,18);1H. The summed E-state index contributed by atoms with van der Waals surface area (Å²) in [6, 6.07) is 3.86. The molecule has 122 valence electrons. The minimum atomic E-state index is 0. The third-order valence-corrected chi connectivity index (χ3v) is 3.16. The van der Waals surface area contributed by atoms with Crippen LogP contribution in [0.25, 0.3) is 0 Å². The number of rotatable bonds is 6. The van der Waals surface area contributed by atoms with E-state index in [1.165, 1.54) is 0 Å². The Kier molecular flexibility index (Phi) is 8.00. The minimum absolute atomic E-state index is 0. The molecule has 0 aromatic carbocycles. The van der Waals surface area contributed by atoms with Gasteiger partial charge in [-0.2, -0.15) is 0 Å². The van der Waals surface area contributed by atoms with Crippen LogP contribution in [0.1, 0.15) is 29.7 Å². The Morgan fingerprint density at radius 1 is 1.32 bits per heavy atom. The van der Waals surface area contributed by atoms with Gasteiger partial charge in [0.2, 0.25) is 0 Å². The van der Waals surface area contributed by atoms with Crippen molar-refractivity contribution in [3.63, 3.8) is 0 Å². The summed E-state index contributed by atoms with van der Waals surface area (Å²) >= 11 is 0. The van der Waals surface area contributed by atoms with Gasteiger partial charge in [0, 0.05) is 25.1 Å². The van der Waals surface area contributed by atoms with Gasteiger partial charge in [-0.05, 0) is 32.9 Å². The fraction of sp³-hybridized carbons (Fsp3) is 0.467. The number of hydrogen-bond donors (Lipinski definition) is 2. The van der Waals surface area contributed by atoms with Crippen LogP contribution in [0.5, 0.6) is 0 Å². The molecule has 0 amide bonds. The van der Waals surface area contributed by atoms with Crippen LogP contribution in [0.4, 0.5) is 0 Å². The number of halogens is 1. The summed E-state index contributed by atoms with van der Waals surface area (Å²) in [7, 11) is 0. The summed E-state index contributed by atoms with van der Waals surface area (Å²) in [4.78, 5) is 4.56. The molecule has 0 saturated heterocycles. The highest BCUT2D eigenvalue weighted by Gasteiger charge is 2.08. The van der Waals surface area contributed by atoms with E-state index in [0.717, 1.165) is 48.2 Å². The van der Waals surface area contributed by atoms with Gasteiger partial charge in [0.05, 0.1) is 18.5 Å². The van der Waals surface area contributed by atoms with E-state index in [0.29, 0.717) is 6.54 Å². The topological polar surface area (TPSA) is 75.6 Å². The molecule has 6 nitrogen and oxygen atoms in total. The van der Waals surface area contributed by atoms with E-state index in [4.69, 9.17) is 8.94 Å². The number of nitrogens with zero attached hydrogens (tertiary/aromatic N) is 2. The molecule has 0 spiro atoms. The summed E-state index contributed by atoms with van der Waals surface area (Å²) in [5, 5.41) is 10.4. The van der Waals surface area contributed by atoms with Gasteiger partial charge in [0.15, 0.2) is 5.96 Å². The fourth-order valence-corrected chi connectivity index (χ4v) is 1.99. The number of nitrogens with one attached hydrogen (secondary N) is 2. The molecule has 0 fully saturated rings. The Labute approximate surface area is 147 Å². The van der Waals surface area contributed by atoms with Crippen LogP contribution in [0.3, 0.4) is 0 Å². The Balaban J connectivity index is 0.00000242. The molecule has 0 unspecified atom stereocenters. The molecular formula is C15H23IN4O2. The zero-order chi connectivity index (χ0) is 15.1. The quantitative estimate of drug-likeness (QED) is 0.429. The van der Waals surface area contributed by atoms with Crippen molar-refractivity contribution in [1.29, 1.82) is 0 Å². The first-order valence-electron chi connectivity index (χ1n) is 7.17. The number of hydrogen-bond acceptors (Lipinski definition) is 4. The summed E-state index contributed by atoms with van der Waals surface area (Å²) in [5.74, 6) is 2.57. The van der Waals surface area contributed by atoms with Gasteiger partial charge in [0.25, 0.3) is 0 Å². The minimum Gasteiger partial charge on any atom is -0.469 e. The molecule has 22 heavy (non-hydrogen) atoms. The van der Waals surface area contributed by atoms with Crippen molar-refractivity contribution in [2.75, 3.05) is 13.1 Å². The molecule has 0 radical (unpaired) electrons. The summed E-state index contributed by atoms with van der Waals surface area (Å²) in [5.41, 5.74) is 1.93. The van der Waals surface area contributed by atoms with E-state index in [9.17, 15) is 0 Å². The lowest BCUT2D eigenvalue weighted by Crippen LogP contribution is -2.38. The lowest BCUT2D eigenvalue weighted by molar-refractivity contribution is 0.392. The SMILES string of the molecule is CCNC(=NCc1c(C)noc1C)NCCc1ccco1.I. The van der Waals surface area contributed by atoms with Crippen molar-refractivity contribution in [2.24, 2.45) is 4.99 Å². The van der Waals surface area contributed by atoms with Crippen LogP contribution < -0.4 is 10.6 Å². The molecule has 0 aliphatic carbocycles. The number of guanidine groups is 1. The van der Waals surface area contributed by atoms with E-state index in [2.05, 4.69) is 20.8 Å². The van der Waals surface area contributed by atoms with Crippen molar-refractivity contribution in [3.8, 4) is 0 Å². The third-order valence-electron chi connectivity index (χ3n) is 3.16. The maximum Gasteiger partial charge on any atom is 0.191 e. The molecule has 0 aliphatic rings. The summed E-state index contributed by atoms with van der Waals surface area (Å²) in [6.45, 7) is 8.01. The highest BCUT2D eigenvalue weighted by Crippen LogP contribution is 2.12. The largest absolute Gasteiger partial charge is 0.469 e. The molecule has 7 heteroatoms. The first-order chi connectivity index (χ1) is 10.2. The smallest absolute Gasteiger partial charge is 0.191 e. The van der Waals surface area contributed by atoms with E-state index >= 15 is 0 Å². The Hall–Kier alpha value is -1.51. The van der Waals surface area contributed by atoms with Crippen LogP contribution in [0.2, 0.25) is 0 Å². The molecule has 2 N–H and O–H groups in total. The zero-order valence-corrected chi connectivity index (χ0v) is 15.5. The Bertz CT molecular complexity index is 559. The number of aromatic nitrogens is 1. The zero-order valence-electron chi connectivity index (χ0n) is 13.2. The molecule has 0 bridgehead atoms. The number of furan rings is 1. The van der Waals surface area contributed by atoms with E-state index in [1.807, 2.05) is 32.9 Å². The monoisotopic (exact) mass is 418 g/mol. The normalized spacial score (nSPS) is 11.1. The van der Waals surface area contributed by atoms with Crippen LogP contribution in [0.15, 0.2) is 32.3 Å². The van der Waals surface area contributed by atoms with Gasteiger partial charge in [-0.15, -0.1) is 24.0 Å². The van der Waals surface area contributed by atoms with E-state index in [1.54, 1.807) is 6.26 Å². The Morgan fingerprint density at radius 2 is 2.14 bits per heavy atom. The van der Waals surface area contributed by atoms with Crippen molar-refractivity contribution in [2.45, 2.75) is 33.7 Å². The third kappa shape index (κ3) is 5.36. The fourth-order valence-electron chi connectivity index (χ4n) is 1.99. The average molecular weight is 418 g/mol. The van der Waals surface area contributed by atoms with Crippen LogP contribution in [-0.4, -0.2) is 24.2 Å². The predicted octanol–water partition coefficient (Wildman–Crippen LogP) is 2.80.